The monoisotopic (exact) mass is 513 g/mol. The van der Waals surface area contributed by atoms with Crippen LogP contribution < -0.4 is 0 Å². The summed E-state index contributed by atoms with van der Waals surface area (Å²) >= 11 is 0. The zero-order chi connectivity index (χ0) is 27.0. The summed E-state index contributed by atoms with van der Waals surface area (Å²) in [7, 11) is 1.50. The standard InChI is InChI=1S/C28H27F4N3O2/c1-18-13-20(3)34(19(2)5-11-25(14-18)37-4)17-27(36,28(30,31)32)22-6-12-26-21(15-22)16-33-35(26)24-9-7-23(29)8-10-24/h5-16,19,36H,1,17H2,2-4H3/b11-5-,20-13-,25-14+. The summed E-state index contributed by atoms with van der Waals surface area (Å²) < 4.78 is 63.7. The van der Waals surface area contributed by atoms with Crippen molar-refractivity contribution in [2.75, 3.05) is 13.7 Å². The van der Waals surface area contributed by atoms with Gasteiger partial charge in [0.1, 0.15) is 11.6 Å². The molecule has 1 aliphatic rings. The van der Waals surface area contributed by atoms with E-state index in [9.17, 15) is 22.7 Å². The summed E-state index contributed by atoms with van der Waals surface area (Å²) in [5.41, 5.74) is -1.39. The maximum atomic E-state index is 14.5. The lowest BCUT2D eigenvalue weighted by Gasteiger charge is -2.39. The molecule has 0 saturated heterocycles. The van der Waals surface area contributed by atoms with Gasteiger partial charge in [-0.3, -0.25) is 0 Å². The molecular weight excluding hydrogens is 486 g/mol. The molecule has 0 aliphatic carbocycles. The van der Waals surface area contributed by atoms with Crippen molar-refractivity contribution in [3.63, 3.8) is 0 Å². The fourth-order valence-electron chi connectivity index (χ4n) is 4.35. The molecule has 1 aromatic heterocycles. The van der Waals surface area contributed by atoms with E-state index in [0.29, 0.717) is 33.6 Å². The van der Waals surface area contributed by atoms with Crippen molar-refractivity contribution in [1.29, 1.82) is 0 Å². The number of benzene rings is 2. The first-order valence-corrected chi connectivity index (χ1v) is 11.5. The van der Waals surface area contributed by atoms with Gasteiger partial charge in [-0.05, 0) is 79.6 Å². The Balaban J connectivity index is 1.76. The number of β-amino-alcohol motifs (C(OH)–C–C–N with tert-alkyl or cyclic N) is 1. The summed E-state index contributed by atoms with van der Waals surface area (Å²) in [4.78, 5) is 1.48. The molecule has 2 heterocycles. The minimum atomic E-state index is -4.98. The van der Waals surface area contributed by atoms with Gasteiger partial charge in [-0.25, -0.2) is 9.07 Å². The second-order valence-corrected chi connectivity index (χ2v) is 9.00. The van der Waals surface area contributed by atoms with E-state index in [-0.39, 0.29) is 5.56 Å². The minimum absolute atomic E-state index is 0.315. The van der Waals surface area contributed by atoms with Crippen LogP contribution in [0.15, 0.2) is 96.6 Å². The number of aliphatic hydroxyl groups is 1. The number of fused-ring (bicyclic) bond motifs is 1. The Bertz CT molecular complexity index is 1400. The van der Waals surface area contributed by atoms with Crippen LogP contribution in [0.1, 0.15) is 19.4 Å². The van der Waals surface area contributed by atoms with Crippen LogP contribution in [0.5, 0.6) is 0 Å². The average Bonchev–Trinajstić information content (AvgIpc) is 3.28. The average molecular weight is 514 g/mol. The lowest BCUT2D eigenvalue weighted by molar-refractivity contribution is -0.271. The predicted molar refractivity (Wildman–Crippen MR) is 134 cm³/mol. The molecule has 37 heavy (non-hydrogen) atoms. The Kier molecular flexibility index (Phi) is 7.01. The molecule has 2 unspecified atom stereocenters. The Hall–Kier alpha value is -3.85. The fourth-order valence-corrected chi connectivity index (χ4v) is 4.35. The third-order valence-electron chi connectivity index (χ3n) is 6.43. The largest absolute Gasteiger partial charge is 0.497 e. The van der Waals surface area contributed by atoms with Crippen LogP contribution >= 0.6 is 0 Å². The van der Waals surface area contributed by atoms with Crippen molar-refractivity contribution in [3.05, 3.63) is 108 Å². The molecule has 194 valence electrons. The SMILES string of the molecule is C=C1/C=C(/C)N(CC(O)(c2ccc3c(cnn3-c3ccc(F)cc3)c2)C(F)(F)F)C(C)/C=C\C(OC)=C/1. The first-order valence-electron chi connectivity index (χ1n) is 11.5. The van der Waals surface area contributed by atoms with Crippen LogP contribution in [0.25, 0.3) is 16.6 Å². The maximum Gasteiger partial charge on any atom is 0.423 e. The van der Waals surface area contributed by atoms with E-state index in [1.165, 1.54) is 65.4 Å². The number of hydrogen-bond donors (Lipinski definition) is 1. The number of aromatic nitrogens is 2. The van der Waals surface area contributed by atoms with Crippen molar-refractivity contribution in [1.82, 2.24) is 14.7 Å². The van der Waals surface area contributed by atoms with Crippen molar-refractivity contribution >= 4 is 10.9 Å². The highest BCUT2D eigenvalue weighted by Gasteiger charge is 2.56. The van der Waals surface area contributed by atoms with Crippen molar-refractivity contribution in [3.8, 4) is 5.69 Å². The third-order valence-corrected chi connectivity index (χ3v) is 6.43. The van der Waals surface area contributed by atoms with Crippen molar-refractivity contribution < 1.29 is 27.4 Å². The molecule has 2 aromatic carbocycles. The van der Waals surface area contributed by atoms with Gasteiger partial charge in [0.15, 0.2) is 0 Å². The van der Waals surface area contributed by atoms with Gasteiger partial charge in [0.25, 0.3) is 0 Å². The number of rotatable bonds is 5. The summed E-state index contributed by atoms with van der Waals surface area (Å²) in [6, 6.07) is 9.10. The van der Waals surface area contributed by atoms with Crippen LogP contribution in [0, 0.1) is 5.82 Å². The topological polar surface area (TPSA) is 50.5 Å². The van der Waals surface area contributed by atoms with Gasteiger partial charge in [0, 0.05) is 17.1 Å². The van der Waals surface area contributed by atoms with Gasteiger partial charge in [-0.1, -0.05) is 18.7 Å². The van der Waals surface area contributed by atoms with Gasteiger partial charge in [-0.2, -0.15) is 18.3 Å². The first kappa shape index (κ1) is 26.2. The quantitative estimate of drug-likeness (QED) is 0.415. The highest BCUT2D eigenvalue weighted by atomic mass is 19.4. The zero-order valence-electron chi connectivity index (χ0n) is 20.6. The summed E-state index contributed by atoms with van der Waals surface area (Å²) in [6.45, 7) is 6.59. The van der Waals surface area contributed by atoms with E-state index in [4.69, 9.17) is 4.74 Å². The fraction of sp³-hybridized carbons (Fsp3) is 0.250. The van der Waals surface area contributed by atoms with E-state index >= 15 is 0 Å². The molecule has 9 heteroatoms. The van der Waals surface area contributed by atoms with Crippen LogP contribution in [-0.2, 0) is 10.3 Å². The number of methoxy groups -OCH3 is 1. The molecule has 0 fully saturated rings. The molecule has 4 rings (SSSR count). The molecule has 0 radical (unpaired) electrons. The molecule has 0 spiro atoms. The van der Waals surface area contributed by atoms with E-state index < -0.39 is 30.2 Å². The molecular formula is C28H27F4N3O2. The number of alkyl halides is 3. The van der Waals surface area contributed by atoms with E-state index in [1.807, 2.05) is 0 Å². The van der Waals surface area contributed by atoms with Crippen LogP contribution in [0.2, 0.25) is 0 Å². The van der Waals surface area contributed by atoms with Gasteiger partial charge in [-0.15, -0.1) is 0 Å². The third kappa shape index (κ3) is 5.17. The van der Waals surface area contributed by atoms with E-state index in [2.05, 4.69) is 11.7 Å². The Morgan fingerprint density at radius 3 is 2.46 bits per heavy atom. The van der Waals surface area contributed by atoms with Crippen LogP contribution in [-0.4, -0.2) is 45.7 Å². The first-order chi connectivity index (χ1) is 17.4. The van der Waals surface area contributed by atoms with Crippen LogP contribution in [0.3, 0.4) is 0 Å². The number of ether oxygens (including phenoxy) is 1. The molecule has 1 aliphatic heterocycles. The maximum absolute atomic E-state index is 14.5. The number of halogens is 4. The Morgan fingerprint density at radius 1 is 1.11 bits per heavy atom. The molecule has 2 atom stereocenters. The zero-order valence-corrected chi connectivity index (χ0v) is 20.6. The van der Waals surface area contributed by atoms with E-state index in [1.54, 1.807) is 38.2 Å². The minimum Gasteiger partial charge on any atom is -0.497 e. The summed E-state index contributed by atoms with van der Waals surface area (Å²) in [5.74, 6) is 0.0984. The van der Waals surface area contributed by atoms with Crippen molar-refractivity contribution in [2.24, 2.45) is 0 Å². The number of hydrogen-bond acceptors (Lipinski definition) is 4. The lowest BCUT2D eigenvalue weighted by atomic mass is 9.90. The van der Waals surface area contributed by atoms with Crippen LogP contribution in [0.4, 0.5) is 17.6 Å². The molecule has 3 aromatic rings. The van der Waals surface area contributed by atoms with Gasteiger partial charge in [0.05, 0.1) is 31.1 Å². The van der Waals surface area contributed by atoms with Gasteiger partial charge >= 0.3 is 6.18 Å². The molecule has 5 nitrogen and oxygen atoms in total. The smallest absolute Gasteiger partial charge is 0.423 e. The molecule has 0 amide bonds. The number of nitrogens with zero attached hydrogens (tertiary/aromatic N) is 3. The van der Waals surface area contributed by atoms with E-state index in [0.717, 1.165) is 0 Å². The Labute approximate surface area is 212 Å². The molecule has 0 saturated carbocycles. The lowest BCUT2D eigenvalue weighted by Crippen LogP contribution is -2.52. The summed E-state index contributed by atoms with van der Waals surface area (Å²) in [5, 5.41) is 15.9. The van der Waals surface area contributed by atoms with Gasteiger partial charge < -0.3 is 14.7 Å². The summed E-state index contributed by atoms with van der Waals surface area (Å²) in [6.07, 6.45) is 3.13. The predicted octanol–water partition coefficient (Wildman–Crippen LogP) is 6.17. The highest BCUT2D eigenvalue weighted by Crippen LogP contribution is 2.42. The van der Waals surface area contributed by atoms with Gasteiger partial charge in [0.2, 0.25) is 5.60 Å². The highest BCUT2D eigenvalue weighted by molar-refractivity contribution is 5.81. The molecule has 1 N–H and O–H groups in total. The second kappa shape index (κ2) is 9.89. The Morgan fingerprint density at radius 2 is 1.81 bits per heavy atom. The van der Waals surface area contributed by atoms with Crippen molar-refractivity contribution in [2.45, 2.75) is 31.7 Å². The number of allylic oxidation sites excluding steroid dienone is 5. The normalized spacial score (nSPS) is 22.2. The molecule has 0 bridgehead atoms. The second-order valence-electron chi connectivity index (χ2n) is 9.00.